The van der Waals surface area contributed by atoms with Crippen LogP contribution in [-0.2, 0) is 35.2 Å². The molecule has 2 aliphatic heterocycles. The first-order chi connectivity index (χ1) is 36.4. The molecule has 0 radical (unpaired) electrons. The summed E-state index contributed by atoms with van der Waals surface area (Å²) in [6.07, 6.45) is 0.0703. The average molecular weight is 1100 g/mol. The second-order valence-corrected chi connectivity index (χ2v) is 22.5. The monoisotopic (exact) mass is 1100 g/mol. The highest BCUT2D eigenvalue weighted by Crippen LogP contribution is 2.40. The number of fused-ring (bicyclic) bond motifs is 3. The highest BCUT2D eigenvalue weighted by molar-refractivity contribution is 7.15. The molecular weight excluding hydrogens is 1030 g/mol. The van der Waals surface area contributed by atoms with Crippen LogP contribution in [0.4, 0.5) is 10.1 Å². The quantitative estimate of drug-likeness (QED) is 0.0503. The fourth-order valence-corrected chi connectivity index (χ4v) is 11.2. The maximum absolute atomic E-state index is 15.2. The molecule has 4 atom stereocenters. The molecule has 21 heteroatoms. The first kappa shape index (κ1) is 55.8. The number of benzene rings is 3. The predicted molar refractivity (Wildman–Crippen MR) is 291 cm³/mol. The fraction of sp³-hybridized carbons (Fsp3) is 0.418. The van der Waals surface area contributed by atoms with Gasteiger partial charge in [0.25, 0.3) is 0 Å². The molecule has 6 aromatic rings. The molecule has 1 saturated heterocycles. The number of anilines is 1. The van der Waals surface area contributed by atoms with Crippen LogP contribution in [0.3, 0.4) is 0 Å². The van der Waals surface area contributed by atoms with Crippen molar-refractivity contribution in [3.63, 3.8) is 0 Å². The zero-order valence-electron chi connectivity index (χ0n) is 43.6. The van der Waals surface area contributed by atoms with Gasteiger partial charge in [0.2, 0.25) is 23.6 Å². The number of aryl methyl sites for hydroxylation is 3. The van der Waals surface area contributed by atoms with E-state index in [9.17, 15) is 24.3 Å². The normalized spacial score (nSPS) is 16.6. The third kappa shape index (κ3) is 13.4. The van der Waals surface area contributed by atoms with Gasteiger partial charge in [0, 0.05) is 78.5 Å². The molecule has 76 heavy (non-hydrogen) atoms. The molecule has 17 nitrogen and oxygen atoms in total. The van der Waals surface area contributed by atoms with E-state index in [4.69, 9.17) is 30.8 Å². The van der Waals surface area contributed by atoms with Gasteiger partial charge in [-0.05, 0) is 80.5 Å². The Morgan fingerprint density at radius 3 is 2.32 bits per heavy atom. The van der Waals surface area contributed by atoms with Gasteiger partial charge < -0.3 is 40.2 Å². The molecule has 3 aromatic heterocycles. The van der Waals surface area contributed by atoms with E-state index in [0.717, 1.165) is 54.0 Å². The summed E-state index contributed by atoms with van der Waals surface area (Å²) in [6, 6.07) is 16.9. The first-order valence-corrected chi connectivity index (χ1v) is 27.2. The van der Waals surface area contributed by atoms with Gasteiger partial charge in [0.05, 0.1) is 40.9 Å². The molecule has 1 unspecified atom stereocenters. The maximum Gasteiger partial charge on any atom is 0.246 e. The molecule has 0 bridgehead atoms. The minimum Gasteiger partial charge on any atom is -0.490 e. The van der Waals surface area contributed by atoms with Crippen molar-refractivity contribution in [1.82, 2.24) is 35.3 Å². The molecule has 0 aliphatic carbocycles. The Labute approximate surface area is 454 Å². The van der Waals surface area contributed by atoms with Gasteiger partial charge in [-0.15, -0.1) is 32.9 Å². The minimum atomic E-state index is -0.988. The van der Waals surface area contributed by atoms with E-state index in [0.29, 0.717) is 42.7 Å². The lowest BCUT2D eigenvalue weighted by Crippen LogP contribution is -2.58. The third-order valence-corrected chi connectivity index (χ3v) is 15.6. The van der Waals surface area contributed by atoms with Crippen LogP contribution in [0.1, 0.15) is 97.0 Å². The van der Waals surface area contributed by atoms with E-state index in [1.807, 2.05) is 87.7 Å². The molecule has 2 aliphatic rings. The Balaban J connectivity index is 0.734. The van der Waals surface area contributed by atoms with Crippen LogP contribution in [0.15, 0.2) is 77.2 Å². The van der Waals surface area contributed by atoms with E-state index in [1.54, 1.807) is 34.3 Å². The largest absolute Gasteiger partial charge is 0.490 e. The molecule has 4 N–H and O–H groups in total. The van der Waals surface area contributed by atoms with Gasteiger partial charge in [0.1, 0.15) is 35.6 Å². The summed E-state index contributed by atoms with van der Waals surface area (Å²) in [7, 11) is 0. The average Bonchev–Trinajstić information content (AvgIpc) is 4.18. The van der Waals surface area contributed by atoms with Crippen LogP contribution < -0.4 is 20.7 Å². The van der Waals surface area contributed by atoms with Crippen molar-refractivity contribution in [3.05, 3.63) is 128 Å². The number of ether oxygens (including phenoxy) is 3. The van der Waals surface area contributed by atoms with Crippen molar-refractivity contribution in [2.24, 2.45) is 10.4 Å². The Morgan fingerprint density at radius 2 is 1.62 bits per heavy atom. The summed E-state index contributed by atoms with van der Waals surface area (Å²) in [5, 5.41) is 29.4. The first-order valence-electron chi connectivity index (χ1n) is 25.1. The predicted octanol–water partition coefficient (Wildman–Crippen LogP) is 8.40. The number of hydrogen-bond acceptors (Lipinski definition) is 14. The van der Waals surface area contributed by atoms with Gasteiger partial charge in [-0.25, -0.2) is 9.37 Å². The number of nitrogens with zero attached hydrogens (tertiary/aromatic N) is 6. The van der Waals surface area contributed by atoms with Crippen LogP contribution in [0.5, 0.6) is 5.75 Å². The topological polar surface area (TPSA) is 211 Å². The number of amides is 4. The molecule has 402 valence electrons. The van der Waals surface area contributed by atoms with Crippen molar-refractivity contribution < 1.29 is 42.9 Å². The van der Waals surface area contributed by atoms with Crippen LogP contribution >= 0.6 is 34.3 Å². The van der Waals surface area contributed by atoms with E-state index >= 15 is 4.39 Å². The van der Waals surface area contributed by atoms with Gasteiger partial charge in [-0.1, -0.05) is 68.8 Å². The van der Waals surface area contributed by atoms with Crippen molar-refractivity contribution in [3.8, 4) is 21.2 Å². The number of hydrogen-bond donors (Lipinski definition) is 4. The van der Waals surface area contributed by atoms with Crippen LogP contribution in [0, 0.1) is 38.9 Å². The van der Waals surface area contributed by atoms with E-state index < -0.39 is 47.3 Å². The van der Waals surface area contributed by atoms with Crippen molar-refractivity contribution in [2.75, 3.05) is 44.9 Å². The Bertz CT molecular complexity index is 3080. The number of carbonyl (C=O) groups is 4. The second-order valence-electron chi connectivity index (χ2n) is 20.0. The molecule has 0 saturated carbocycles. The summed E-state index contributed by atoms with van der Waals surface area (Å²) in [5.74, 6) is -1.14. The van der Waals surface area contributed by atoms with Crippen LogP contribution in [0.25, 0.3) is 15.4 Å². The molecule has 0 spiro atoms. The Morgan fingerprint density at radius 1 is 0.908 bits per heavy atom. The van der Waals surface area contributed by atoms with Crippen LogP contribution in [0.2, 0.25) is 5.02 Å². The van der Waals surface area contributed by atoms with Gasteiger partial charge >= 0.3 is 0 Å². The number of β-amino-alcohol motifs (C(OH)–C–C–N with tert-alkyl or cyclic N) is 1. The smallest absolute Gasteiger partial charge is 0.246 e. The number of thiazole rings is 1. The molecule has 4 amide bonds. The molecule has 8 rings (SSSR count). The number of aromatic nitrogens is 4. The highest BCUT2D eigenvalue weighted by Gasteiger charge is 2.44. The molecule has 1 fully saturated rings. The van der Waals surface area contributed by atoms with Gasteiger partial charge in [0.15, 0.2) is 17.4 Å². The number of likely N-dealkylation sites (tertiary alicyclic amines) is 1. The van der Waals surface area contributed by atoms with E-state index in [-0.39, 0.29) is 69.0 Å². The van der Waals surface area contributed by atoms with Gasteiger partial charge in [-0.2, -0.15) is 0 Å². The number of rotatable bonds is 21. The van der Waals surface area contributed by atoms with Crippen molar-refractivity contribution in [2.45, 2.75) is 105 Å². The number of aliphatic imine (C=N–C) groups is 1. The Hall–Kier alpha value is -6.42. The highest BCUT2D eigenvalue weighted by atomic mass is 35.5. The lowest BCUT2D eigenvalue weighted by Gasteiger charge is -2.35. The van der Waals surface area contributed by atoms with Crippen molar-refractivity contribution >= 4 is 69.3 Å². The third-order valence-electron chi connectivity index (χ3n) is 13.2. The minimum absolute atomic E-state index is 0.0287. The summed E-state index contributed by atoms with van der Waals surface area (Å²) in [6.45, 7) is 14.4. The lowest BCUT2D eigenvalue weighted by atomic mass is 9.85. The van der Waals surface area contributed by atoms with E-state index in [2.05, 4.69) is 45.0 Å². The second kappa shape index (κ2) is 24.7. The number of carbonyl (C=O) groups excluding carboxylic acids is 4. The standard InChI is InChI=1S/C55H63ClFN9O8S2/c1-31-33(3)76-54-47(31)48(36-14-16-38(56)17-15-36)61-42(51-64-63-34(4)66(51)54)26-45(68)60-39-18-19-44(41(57)24-39)74-23-9-21-72-20-8-22-73-29-46(69)62-50(55(5,6)7)53(71)65-28-40(67)25-43(65)52(70)58-27-35-10-12-37(13-11-35)49-32(2)59-30-75-49/h10-19,24,30,40,42-43,50,67H,8-9,20-23,25-29H2,1-7H3,(H,58,70)(H,60,68)(H,62,69)/t40-,42+,43+,50?/m1/s1. The molecular formula is C55H63ClFN9O8S2. The maximum atomic E-state index is 15.2. The number of aliphatic hydroxyl groups is 1. The van der Waals surface area contributed by atoms with Crippen molar-refractivity contribution in [1.29, 1.82) is 0 Å². The number of thiophene rings is 1. The number of nitrogens with one attached hydrogen (secondary N) is 3. The van der Waals surface area contributed by atoms with Crippen LogP contribution in [-0.4, -0.2) is 117 Å². The summed E-state index contributed by atoms with van der Waals surface area (Å²) in [4.78, 5) is 67.1. The SMILES string of the molecule is Cc1ncsc1-c1ccc(CNC(=O)[C@@H]2C[C@@H](O)CN2C(=O)C(NC(=O)COCCCOCCCOc2ccc(NC(=O)C[C@@H]3N=C(c4ccc(Cl)cc4)c4c(sc(C)c4C)-n4c(C)nnc43)cc2F)C(C)(C)C)cc1. The summed E-state index contributed by atoms with van der Waals surface area (Å²) in [5.41, 5.74) is 7.81. The molecule has 3 aromatic carbocycles. The fourth-order valence-electron chi connectivity index (χ4n) is 9.07. The molecule has 5 heterocycles. The number of aliphatic hydroxyl groups excluding tert-OH is 1. The van der Waals surface area contributed by atoms with Gasteiger partial charge in [-0.3, -0.25) is 28.7 Å². The summed E-state index contributed by atoms with van der Waals surface area (Å²) >= 11 is 9.42. The zero-order valence-corrected chi connectivity index (χ0v) is 46.0. The number of halogens is 2. The Kier molecular flexibility index (Phi) is 18.1. The lowest BCUT2D eigenvalue weighted by molar-refractivity contribution is -0.144. The van der Waals surface area contributed by atoms with E-state index in [1.165, 1.54) is 17.0 Å². The zero-order chi connectivity index (χ0) is 54.3. The summed E-state index contributed by atoms with van der Waals surface area (Å²) < 4.78 is 34.2.